The van der Waals surface area contributed by atoms with E-state index in [4.69, 9.17) is 0 Å². The zero-order chi connectivity index (χ0) is 17.9. The van der Waals surface area contributed by atoms with E-state index in [-0.39, 0.29) is 5.91 Å². The number of hydrogen-bond donors (Lipinski definition) is 1. The lowest BCUT2D eigenvalue weighted by molar-refractivity contribution is 0.0723. The Morgan fingerprint density at radius 2 is 2.19 bits per heavy atom. The molecule has 2 aromatic heterocycles. The topological polar surface area (TPSA) is 80.9 Å². The molecule has 0 spiro atoms. The van der Waals surface area contributed by atoms with Gasteiger partial charge >= 0.3 is 0 Å². The summed E-state index contributed by atoms with van der Waals surface area (Å²) in [4.78, 5) is 14.8. The van der Waals surface area contributed by atoms with Gasteiger partial charge in [-0.3, -0.25) is 14.2 Å². The van der Waals surface area contributed by atoms with Gasteiger partial charge in [-0.2, -0.15) is 5.10 Å². The molecule has 1 N–H and O–H groups in total. The number of nitrogens with one attached hydrogen (secondary N) is 1. The number of nitrogens with zero attached hydrogens (tertiary/aromatic N) is 6. The molecule has 1 aliphatic heterocycles. The molecule has 0 radical (unpaired) electrons. The quantitative estimate of drug-likeness (QED) is 0.809. The van der Waals surface area contributed by atoms with Crippen LogP contribution in [0.5, 0.6) is 0 Å². The third-order valence-electron chi connectivity index (χ3n) is 5.24. The minimum Gasteiger partial charge on any atom is -0.330 e. The van der Waals surface area contributed by atoms with E-state index < -0.39 is 0 Å². The van der Waals surface area contributed by atoms with Crippen molar-refractivity contribution in [2.45, 2.75) is 63.7 Å². The highest BCUT2D eigenvalue weighted by Crippen LogP contribution is 2.29. The molecule has 8 nitrogen and oxygen atoms in total. The number of piperidine rings is 1. The summed E-state index contributed by atoms with van der Waals surface area (Å²) in [6.45, 7) is 2.48. The van der Waals surface area contributed by atoms with Crippen molar-refractivity contribution >= 4 is 5.91 Å². The average molecular weight is 357 g/mol. The van der Waals surface area contributed by atoms with Crippen molar-refractivity contribution in [3.05, 3.63) is 29.8 Å². The first-order chi connectivity index (χ1) is 12.7. The minimum atomic E-state index is -0.0293. The van der Waals surface area contributed by atoms with Crippen molar-refractivity contribution in [2.24, 2.45) is 7.05 Å². The first-order valence-electron chi connectivity index (χ1n) is 9.61. The monoisotopic (exact) mass is 357 g/mol. The fourth-order valence-corrected chi connectivity index (χ4v) is 3.61. The summed E-state index contributed by atoms with van der Waals surface area (Å²) < 4.78 is 3.57. The van der Waals surface area contributed by atoms with Crippen molar-refractivity contribution in [2.75, 3.05) is 6.54 Å². The smallest absolute Gasteiger partial charge is 0.276 e. The van der Waals surface area contributed by atoms with Gasteiger partial charge in [0.1, 0.15) is 0 Å². The predicted molar refractivity (Wildman–Crippen MR) is 96.4 cm³/mol. The van der Waals surface area contributed by atoms with Crippen molar-refractivity contribution in [1.29, 1.82) is 0 Å². The zero-order valence-corrected chi connectivity index (χ0v) is 15.3. The van der Waals surface area contributed by atoms with E-state index in [2.05, 4.69) is 20.7 Å². The van der Waals surface area contributed by atoms with E-state index >= 15 is 0 Å². The van der Waals surface area contributed by atoms with E-state index in [1.54, 1.807) is 15.6 Å². The zero-order valence-electron chi connectivity index (χ0n) is 15.3. The van der Waals surface area contributed by atoms with Gasteiger partial charge in [-0.05, 0) is 38.6 Å². The van der Waals surface area contributed by atoms with Gasteiger partial charge in [0.2, 0.25) is 0 Å². The molecular formula is C18H27N7O. The summed E-state index contributed by atoms with van der Waals surface area (Å²) in [6, 6.07) is 0.875. The van der Waals surface area contributed by atoms with Crippen LogP contribution in [0.2, 0.25) is 0 Å². The van der Waals surface area contributed by atoms with Crippen LogP contribution in [0, 0.1) is 0 Å². The molecule has 4 rings (SSSR count). The molecule has 1 amide bonds. The van der Waals surface area contributed by atoms with Gasteiger partial charge in [0.15, 0.2) is 5.69 Å². The molecule has 26 heavy (non-hydrogen) atoms. The van der Waals surface area contributed by atoms with Crippen molar-refractivity contribution in [1.82, 2.24) is 35.0 Å². The Morgan fingerprint density at radius 1 is 1.31 bits per heavy atom. The number of rotatable bonds is 7. The first-order valence-corrected chi connectivity index (χ1v) is 9.61. The van der Waals surface area contributed by atoms with Gasteiger partial charge in [-0.1, -0.05) is 11.6 Å². The van der Waals surface area contributed by atoms with Crippen LogP contribution in [0.1, 0.15) is 54.6 Å². The number of carbonyl (C=O) groups excluding carboxylic acids is 1. The Labute approximate surface area is 153 Å². The van der Waals surface area contributed by atoms with Gasteiger partial charge in [0.05, 0.1) is 12.4 Å². The molecule has 1 atom stereocenters. The van der Waals surface area contributed by atoms with Gasteiger partial charge in [-0.15, -0.1) is 5.10 Å². The molecule has 0 bridgehead atoms. The predicted octanol–water partition coefficient (Wildman–Crippen LogP) is 1.35. The van der Waals surface area contributed by atoms with E-state index in [0.717, 1.165) is 37.9 Å². The van der Waals surface area contributed by atoms with E-state index in [1.807, 2.05) is 24.3 Å². The summed E-state index contributed by atoms with van der Waals surface area (Å²) in [5.41, 5.74) is 1.49. The Balaban J connectivity index is 1.37. The molecule has 1 aliphatic carbocycles. The van der Waals surface area contributed by atoms with Crippen LogP contribution in [-0.2, 0) is 20.1 Å². The second kappa shape index (κ2) is 7.57. The molecule has 1 saturated heterocycles. The van der Waals surface area contributed by atoms with Crippen LogP contribution >= 0.6 is 0 Å². The van der Waals surface area contributed by atoms with Gasteiger partial charge in [-0.25, -0.2) is 0 Å². The number of amides is 1. The highest BCUT2D eigenvalue weighted by molar-refractivity contribution is 5.92. The third kappa shape index (κ3) is 4.12. The Bertz CT molecular complexity index is 742. The van der Waals surface area contributed by atoms with Crippen molar-refractivity contribution in [3.63, 3.8) is 0 Å². The van der Waals surface area contributed by atoms with Crippen LogP contribution < -0.4 is 5.32 Å². The first kappa shape index (κ1) is 17.2. The van der Waals surface area contributed by atoms with Crippen molar-refractivity contribution in [3.8, 4) is 0 Å². The number of carbonyl (C=O) groups is 1. The van der Waals surface area contributed by atoms with Crippen molar-refractivity contribution < 1.29 is 4.79 Å². The average Bonchev–Trinajstić information content (AvgIpc) is 3.24. The second-order valence-electron chi connectivity index (χ2n) is 7.49. The molecule has 3 heterocycles. The SMILES string of the molecule is Cn1cc(CN(C(=O)c2cn(CC[C@H]3CCCCN3)nn2)C2CC2)cn1. The lowest BCUT2D eigenvalue weighted by atomic mass is 10.0. The fraction of sp³-hybridized carbons (Fsp3) is 0.667. The summed E-state index contributed by atoms with van der Waals surface area (Å²) >= 11 is 0. The highest BCUT2D eigenvalue weighted by Gasteiger charge is 2.34. The number of hydrogen-bond acceptors (Lipinski definition) is 5. The molecule has 0 unspecified atom stereocenters. The second-order valence-corrected chi connectivity index (χ2v) is 7.49. The summed E-state index contributed by atoms with van der Waals surface area (Å²) in [7, 11) is 1.89. The molecule has 8 heteroatoms. The van der Waals surface area contributed by atoms with Crippen LogP contribution in [0.4, 0.5) is 0 Å². The van der Waals surface area contributed by atoms with Gasteiger partial charge < -0.3 is 10.2 Å². The van der Waals surface area contributed by atoms with E-state index in [1.165, 1.54) is 19.3 Å². The Morgan fingerprint density at radius 3 is 2.88 bits per heavy atom. The van der Waals surface area contributed by atoms with Crippen LogP contribution in [0.3, 0.4) is 0 Å². The van der Waals surface area contributed by atoms with E-state index in [0.29, 0.717) is 24.3 Å². The van der Waals surface area contributed by atoms with Crippen LogP contribution in [0.25, 0.3) is 0 Å². The maximum absolute atomic E-state index is 12.9. The standard InChI is InChI=1S/C18H27N7O/c1-23-11-14(10-20-23)12-25(16-5-6-16)18(26)17-13-24(22-21-17)9-7-15-4-2-3-8-19-15/h10-11,13,15-16,19H,2-9,12H2,1H3/t15-/m1/s1. The lowest BCUT2D eigenvalue weighted by Gasteiger charge is -2.23. The maximum Gasteiger partial charge on any atom is 0.276 e. The van der Waals surface area contributed by atoms with E-state index in [9.17, 15) is 4.79 Å². The minimum absolute atomic E-state index is 0.0293. The molecule has 2 aliphatic rings. The third-order valence-corrected chi connectivity index (χ3v) is 5.24. The molecule has 2 aromatic rings. The number of aromatic nitrogens is 5. The molecule has 1 saturated carbocycles. The fourth-order valence-electron chi connectivity index (χ4n) is 3.61. The van der Waals surface area contributed by atoms with Crippen LogP contribution in [0.15, 0.2) is 18.6 Å². The normalized spacial score (nSPS) is 20.3. The molecule has 140 valence electrons. The van der Waals surface area contributed by atoms with Gasteiger partial charge in [0, 0.05) is 44.0 Å². The summed E-state index contributed by atoms with van der Waals surface area (Å²) in [5.74, 6) is -0.0293. The maximum atomic E-state index is 12.9. The molecular weight excluding hydrogens is 330 g/mol. The Hall–Kier alpha value is -2.22. The summed E-state index contributed by atoms with van der Waals surface area (Å²) in [5, 5.41) is 16.0. The largest absolute Gasteiger partial charge is 0.330 e. The Kier molecular flexibility index (Phi) is 5.01. The van der Waals surface area contributed by atoms with Crippen LogP contribution in [-0.4, -0.2) is 54.2 Å². The lowest BCUT2D eigenvalue weighted by Crippen LogP contribution is -2.34. The highest BCUT2D eigenvalue weighted by atomic mass is 16.2. The molecule has 0 aromatic carbocycles. The number of aryl methyl sites for hydroxylation is 2. The summed E-state index contributed by atoms with van der Waals surface area (Å²) in [6.07, 6.45) is 12.5. The molecule has 2 fully saturated rings. The van der Waals surface area contributed by atoms with Gasteiger partial charge in [0.25, 0.3) is 5.91 Å².